The van der Waals surface area contributed by atoms with E-state index in [9.17, 15) is 9.90 Å². The van der Waals surface area contributed by atoms with Crippen LogP contribution in [0.4, 0.5) is 5.69 Å². The highest BCUT2D eigenvalue weighted by Gasteiger charge is 2.17. The molecule has 0 heterocycles. The van der Waals surface area contributed by atoms with Gasteiger partial charge in [-0.3, -0.25) is 4.79 Å². The summed E-state index contributed by atoms with van der Waals surface area (Å²) < 4.78 is 0. The van der Waals surface area contributed by atoms with Crippen molar-refractivity contribution in [3.63, 3.8) is 0 Å². The second-order valence-electron chi connectivity index (χ2n) is 5.57. The number of carbonyl (C=O) groups excluding carboxylic acids is 1. The zero-order valence-electron chi connectivity index (χ0n) is 13.0. The Labute approximate surface area is 150 Å². The highest BCUT2D eigenvalue weighted by molar-refractivity contribution is 7.79. The van der Waals surface area contributed by atoms with Crippen LogP contribution < -0.4 is 5.32 Å². The molecule has 1 amide bonds. The van der Waals surface area contributed by atoms with Crippen LogP contribution in [0, 0.1) is 6.92 Å². The van der Waals surface area contributed by atoms with E-state index < -0.39 is 5.91 Å². The van der Waals surface area contributed by atoms with Crippen LogP contribution in [0.5, 0.6) is 5.75 Å². The number of hydrogen-bond donors (Lipinski definition) is 3. The third kappa shape index (κ3) is 3.07. The molecule has 0 saturated carbocycles. The van der Waals surface area contributed by atoms with Gasteiger partial charge in [0.2, 0.25) is 0 Å². The largest absolute Gasteiger partial charge is 0.506 e. The summed E-state index contributed by atoms with van der Waals surface area (Å²) in [7, 11) is 0. The number of phenolic OH excluding ortho intramolecular Hbond substituents is 1. The van der Waals surface area contributed by atoms with Crippen LogP contribution in [0.3, 0.4) is 0 Å². The van der Waals surface area contributed by atoms with Gasteiger partial charge in [-0.15, -0.1) is 0 Å². The SMILES string of the molecule is Cc1ccc(CS)c(NC(=O)c2cc(Cl)c3ccccc3c2O)c1. The van der Waals surface area contributed by atoms with Crippen LogP contribution in [0.1, 0.15) is 21.5 Å². The van der Waals surface area contributed by atoms with Crippen molar-refractivity contribution in [3.8, 4) is 5.75 Å². The molecule has 24 heavy (non-hydrogen) atoms. The summed E-state index contributed by atoms with van der Waals surface area (Å²) in [5, 5.41) is 15.0. The smallest absolute Gasteiger partial charge is 0.259 e. The molecule has 3 rings (SSSR count). The quantitative estimate of drug-likeness (QED) is 0.565. The van der Waals surface area contributed by atoms with Gasteiger partial charge in [-0.25, -0.2) is 0 Å². The molecule has 0 saturated heterocycles. The summed E-state index contributed by atoms with van der Waals surface area (Å²) in [4.78, 5) is 12.7. The molecular weight excluding hydrogens is 342 g/mol. The standard InChI is InChI=1S/C19H16ClNO2S/c1-11-6-7-12(10-24)17(8-11)21-19(23)15-9-16(20)13-4-2-3-5-14(13)18(15)22/h2-9,22,24H,10H2,1H3,(H,21,23). The molecule has 0 aromatic heterocycles. The monoisotopic (exact) mass is 357 g/mol. The molecule has 5 heteroatoms. The van der Waals surface area contributed by atoms with E-state index in [-0.39, 0.29) is 11.3 Å². The number of phenols is 1. The Morgan fingerprint density at radius 3 is 2.58 bits per heavy atom. The van der Waals surface area contributed by atoms with Gasteiger partial charge < -0.3 is 10.4 Å². The average Bonchev–Trinajstić information content (AvgIpc) is 2.58. The number of thiol groups is 1. The second kappa shape index (κ2) is 6.75. The molecule has 3 nitrogen and oxygen atoms in total. The zero-order chi connectivity index (χ0) is 17.3. The summed E-state index contributed by atoms with van der Waals surface area (Å²) in [6.45, 7) is 1.95. The van der Waals surface area contributed by atoms with Crippen LogP contribution in [0.2, 0.25) is 5.02 Å². The van der Waals surface area contributed by atoms with Crippen molar-refractivity contribution in [3.05, 3.63) is 70.2 Å². The van der Waals surface area contributed by atoms with E-state index in [0.29, 0.717) is 27.2 Å². The fourth-order valence-corrected chi connectivity index (χ4v) is 3.17. The first-order chi connectivity index (χ1) is 11.5. The van der Waals surface area contributed by atoms with Crippen molar-refractivity contribution in [1.82, 2.24) is 0 Å². The lowest BCUT2D eigenvalue weighted by atomic mass is 10.0. The Hall–Kier alpha value is -2.17. The lowest BCUT2D eigenvalue weighted by Gasteiger charge is -2.13. The Morgan fingerprint density at radius 2 is 1.88 bits per heavy atom. The average molecular weight is 358 g/mol. The van der Waals surface area contributed by atoms with E-state index in [2.05, 4.69) is 17.9 Å². The van der Waals surface area contributed by atoms with Crippen LogP contribution in [0.25, 0.3) is 10.8 Å². The van der Waals surface area contributed by atoms with E-state index in [0.717, 1.165) is 11.1 Å². The van der Waals surface area contributed by atoms with Crippen molar-refractivity contribution in [2.24, 2.45) is 0 Å². The summed E-state index contributed by atoms with van der Waals surface area (Å²) in [5.41, 5.74) is 2.75. The minimum Gasteiger partial charge on any atom is -0.506 e. The number of fused-ring (bicyclic) bond motifs is 1. The van der Waals surface area contributed by atoms with Gasteiger partial charge >= 0.3 is 0 Å². The van der Waals surface area contributed by atoms with Gasteiger partial charge in [0.05, 0.1) is 5.56 Å². The van der Waals surface area contributed by atoms with Gasteiger partial charge in [0.25, 0.3) is 5.91 Å². The number of halogens is 1. The van der Waals surface area contributed by atoms with Gasteiger partial charge in [-0.2, -0.15) is 12.6 Å². The first-order valence-electron chi connectivity index (χ1n) is 7.43. The molecule has 0 radical (unpaired) electrons. The highest BCUT2D eigenvalue weighted by Crippen LogP contribution is 2.34. The molecule has 0 aliphatic heterocycles. The number of rotatable bonds is 3. The van der Waals surface area contributed by atoms with Crippen LogP contribution in [0.15, 0.2) is 48.5 Å². The minimum absolute atomic E-state index is 0.0763. The lowest BCUT2D eigenvalue weighted by Crippen LogP contribution is -2.13. The van der Waals surface area contributed by atoms with Crippen molar-refractivity contribution < 1.29 is 9.90 Å². The Morgan fingerprint density at radius 1 is 1.17 bits per heavy atom. The summed E-state index contributed by atoms with van der Waals surface area (Å²) in [6, 6.07) is 14.4. The Bertz CT molecular complexity index is 940. The molecule has 0 spiro atoms. The fourth-order valence-electron chi connectivity index (χ4n) is 2.62. The van der Waals surface area contributed by atoms with Crippen LogP contribution in [-0.2, 0) is 5.75 Å². The zero-order valence-corrected chi connectivity index (χ0v) is 14.7. The Balaban J connectivity index is 2.04. The molecule has 3 aromatic rings. The van der Waals surface area contributed by atoms with E-state index in [4.69, 9.17) is 11.6 Å². The molecule has 0 atom stereocenters. The third-order valence-electron chi connectivity index (χ3n) is 3.89. The normalized spacial score (nSPS) is 10.8. The predicted molar refractivity (Wildman–Crippen MR) is 102 cm³/mol. The highest BCUT2D eigenvalue weighted by atomic mass is 35.5. The van der Waals surface area contributed by atoms with Crippen LogP contribution in [-0.4, -0.2) is 11.0 Å². The van der Waals surface area contributed by atoms with Gasteiger partial charge in [0.1, 0.15) is 5.75 Å². The van der Waals surface area contributed by atoms with Gasteiger partial charge in [0.15, 0.2) is 0 Å². The maximum absolute atomic E-state index is 12.7. The van der Waals surface area contributed by atoms with Crippen LogP contribution >= 0.6 is 24.2 Å². The maximum Gasteiger partial charge on any atom is 0.259 e. The first-order valence-corrected chi connectivity index (χ1v) is 8.44. The molecule has 0 aliphatic carbocycles. The first kappa shape index (κ1) is 16.7. The molecule has 0 fully saturated rings. The molecular formula is C19H16ClNO2S. The number of aryl methyl sites for hydroxylation is 1. The van der Waals surface area contributed by atoms with Gasteiger partial charge in [-0.1, -0.05) is 48.0 Å². The molecule has 3 aromatic carbocycles. The van der Waals surface area contributed by atoms with E-state index in [1.54, 1.807) is 18.2 Å². The van der Waals surface area contributed by atoms with E-state index in [1.165, 1.54) is 6.07 Å². The number of hydrogen-bond acceptors (Lipinski definition) is 3. The molecule has 2 N–H and O–H groups in total. The second-order valence-corrected chi connectivity index (χ2v) is 6.30. The summed E-state index contributed by atoms with van der Waals surface area (Å²) in [5.74, 6) is 0.0155. The fraction of sp³-hybridized carbons (Fsp3) is 0.105. The number of carbonyl (C=O) groups is 1. The number of anilines is 1. The lowest BCUT2D eigenvalue weighted by molar-refractivity contribution is 0.102. The van der Waals surface area contributed by atoms with Crippen molar-refractivity contribution in [2.45, 2.75) is 12.7 Å². The van der Waals surface area contributed by atoms with E-state index >= 15 is 0 Å². The molecule has 0 aliphatic rings. The van der Waals surface area contributed by atoms with Crippen molar-refractivity contribution >= 4 is 46.6 Å². The third-order valence-corrected chi connectivity index (χ3v) is 4.55. The topological polar surface area (TPSA) is 49.3 Å². The van der Waals surface area contributed by atoms with Crippen molar-refractivity contribution in [2.75, 3.05) is 5.32 Å². The summed E-state index contributed by atoms with van der Waals surface area (Å²) >= 11 is 10.5. The number of benzene rings is 3. The number of nitrogens with one attached hydrogen (secondary N) is 1. The van der Waals surface area contributed by atoms with Gasteiger partial charge in [0, 0.05) is 27.2 Å². The molecule has 0 bridgehead atoms. The number of aromatic hydroxyl groups is 1. The maximum atomic E-state index is 12.7. The molecule has 0 unspecified atom stereocenters. The van der Waals surface area contributed by atoms with Crippen molar-refractivity contribution in [1.29, 1.82) is 0 Å². The number of amides is 1. The summed E-state index contributed by atoms with van der Waals surface area (Å²) in [6.07, 6.45) is 0. The minimum atomic E-state index is -0.409. The predicted octanol–water partition coefficient (Wildman–Crippen LogP) is 5.19. The van der Waals surface area contributed by atoms with E-state index in [1.807, 2.05) is 31.2 Å². The Kier molecular flexibility index (Phi) is 4.69. The van der Waals surface area contributed by atoms with Gasteiger partial charge in [-0.05, 0) is 30.2 Å². The molecule has 122 valence electrons.